The van der Waals surface area contributed by atoms with Gasteiger partial charge in [0.25, 0.3) is 10.1 Å². The molecule has 5 atom stereocenters. The summed E-state index contributed by atoms with van der Waals surface area (Å²) in [5, 5.41) is 10.4. The average Bonchev–Trinajstić information content (AvgIpc) is 2.74. The van der Waals surface area contributed by atoms with Crippen molar-refractivity contribution in [3.8, 4) is 0 Å². The molecule has 1 N–H and O–H groups in total. The van der Waals surface area contributed by atoms with E-state index in [-0.39, 0.29) is 6.54 Å². The molecular formula is C13H21NO8S. The van der Waals surface area contributed by atoms with Crippen LogP contribution >= 0.6 is 0 Å². The van der Waals surface area contributed by atoms with Gasteiger partial charge in [-0.3, -0.25) is 18.7 Å². The average molecular weight is 351 g/mol. The van der Waals surface area contributed by atoms with Crippen molar-refractivity contribution in [3.05, 3.63) is 0 Å². The van der Waals surface area contributed by atoms with Crippen LogP contribution in [0.1, 0.15) is 20.3 Å². The fourth-order valence-electron chi connectivity index (χ4n) is 3.22. The second-order valence-electron chi connectivity index (χ2n) is 5.83. The van der Waals surface area contributed by atoms with E-state index < -0.39 is 52.5 Å². The number of esters is 2. The molecule has 9 nitrogen and oxygen atoms in total. The SMILES string of the molecule is CC(=O)O[C@H]1CCN2C[C@H](OS(C)(=O)=O)[C@@H](O)[C@H](OC(C)=O)C12. The van der Waals surface area contributed by atoms with Gasteiger partial charge in [0.2, 0.25) is 0 Å². The fourth-order valence-corrected chi connectivity index (χ4v) is 3.84. The first-order valence-electron chi connectivity index (χ1n) is 7.23. The number of rotatable bonds is 4. The van der Waals surface area contributed by atoms with Crippen molar-refractivity contribution >= 4 is 22.1 Å². The number of carbonyl (C=O) groups is 2. The van der Waals surface area contributed by atoms with E-state index in [2.05, 4.69) is 0 Å². The Morgan fingerprint density at radius 2 is 1.74 bits per heavy atom. The van der Waals surface area contributed by atoms with Crippen LogP contribution in [0.2, 0.25) is 0 Å². The van der Waals surface area contributed by atoms with Crippen molar-refractivity contribution in [3.63, 3.8) is 0 Å². The number of aliphatic hydroxyl groups is 1. The van der Waals surface area contributed by atoms with Crippen LogP contribution in [-0.2, 0) is 33.4 Å². The van der Waals surface area contributed by atoms with E-state index in [1.54, 1.807) is 0 Å². The van der Waals surface area contributed by atoms with Crippen molar-refractivity contribution in [2.24, 2.45) is 0 Å². The number of hydrogen-bond acceptors (Lipinski definition) is 9. The van der Waals surface area contributed by atoms with Gasteiger partial charge in [-0.15, -0.1) is 0 Å². The standard InChI is InChI=1S/C13H21NO8S/c1-7(15)20-9-4-5-14-6-10(22-23(3,18)19)12(17)13(11(9)14)21-8(2)16/h9-13,17H,4-6H2,1-3H3/t9-,10-,11?,12+,13+/m0/s1. The molecule has 0 aromatic carbocycles. The summed E-state index contributed by atoms with van der Waals surface area (Å²) >= 11 is 0. The van der Waals surface area contributed by atoms with Gasteiger partial charge in [-0.1, -0.05) is 0 Å². The molecule has 0 aromatic rings. The molecule has 0 aromatic heterocycles. The second kappa shape index (κ2) is 6.71. The van der Waals surface area contributed by atoms with Gasteiger partial charge in [-0.05, 0) is 6.42 Å². The van der Waals surface area contributed by atoms with Crippen molar-refractivity contribution in [1.29, 1.82) is 0 Å². The van der Waals surface area contributed by atoms with Gasteiger partial charge in [-0.25, -0.2) is 0 Å². The Balaban J connectivity index is 2.25. The first kappa shape index (κ1) is 18.1. The highest BCUT2D eigenvalue weighted by molar-refractivity contribution is 7.86. The van der Waals surface area contributed by atoms with E-state index in [9.17, 15) is 23.1 Å². The molecule has 0 bridgehead atoms. The Hall–Kier alpha value is -1.23. The summed E-state index contributed by atoms with van der Waals surface area (Å²) in [4.78, 5) is 24.4. The van der Waals surface area contributed by atoms with E-state index >= 15 is 0 Å². The van der Waals surface area contributed by atoms with Crippen LogP contribution in [0.3, 0.4) is 0 Å². The number of hydrogen-bond donors (Lipinski definition) is 1. The third-order valence-electron chi connectivity index (χ3n) is 3.89. The van der Waals surface area contributed by atoms with Gasteiger partial charge in [0.15, 0.2) is 0 Å². The largest absolute Gasteiger partial charge is 0.461 e. The molecule has 2 aliphatic heterocycles. The first-order valence-corrected chi connectivity index (χ1v) is 9.05. The van der Waals surface area contributed by atoms with Crippen LogP contribution < -0.4 is 0 Å². The number of ether oxygens (including phenoxy) is 2. The number of nitrogens with zero attached hydrogens (tertiary/aromatic N) is 1. The van der Waals surface area contributed by atoms with Crippen LogP contribution in [0.4, 0.5) is 0 Å². The highest BCUT2D eigenvalue weighted by Gasteiger charge is 2.53. The highest BCUT2D eigenvalue weighted by atomic mass is 32.2. The predicted molar refractivity (Wildman–Crippen MR) is 76.8 cm³/mol. The lowest BCUT2D eigenvalue weighted by atomic mass is 9.92. The maximum atomic E-state index is 11.3. The van der Waals surface area contributed by atoms with Crippen molar-refractivity contribution in [2.75, 3.05) is 19.3 Å². The Morgan fingerprint density at radius 1 is 1.13 bits per heavy atom. The molecule has 0 saturated carbocycles. The minimum Gasteiger partial charge on any atom is -0.461 e. The lowest BCUT2D eigenvalue weighted by molar-refractivity contribution is -0.181. The number of piperidine rings is 1. The Morgan fingerprint density at radius 3 is 2.26 bits per heavy atom. The smallest absolute Gasteiger partial charge is 0.303 e. The highest BCUT2D eigenvalue weighted by Crippen LogP contribution is 2.33. The summed E-state index contributed by atoms with van der Waals surface area (Å²) in [6, 6.07) is -0.530. The molecule has 0 radical (unpaired) electrons. The monoisotopic (exact) mass is 351 g/mol. The second-order valence-corrected chi connectivity index (χ2v) is 7.43. The minimum atomic E-state index is -3.78. The summed E-state index contributed by atoms with van der Waals surface area (Å²) in [6.07, 6.45) is -2.59. The quantitative estimate of drug-likeness (QED) is 0.484. The third-order valence-corrected chi connectivity index (χ3v) is 4.49. The number of aliphatic hydroxyl groups excluding tert-OH is 1. The molecule has 10 heteroatoms. The number of carbonyl (C=O) groups excluding carboxylic acids is 2. The van der Waals surface area contributed by atoms with E-state index in [1.807, 2.05) is 4.90 Å². The Kier molecular flexibility index (Phi) is 5.29. The molecule has 0 amide bonds. The maximum Gasteiger partial charge on any atom is 0.303 e. The summed E-state index contributed by atoms with van der Waals surface area (Å²) in [5.41, 5.74) is 0. The van der Waals surface area contributed by atoms with Crippen LogP contribution in [-0.4, -0.2) is 80.2 Å². The third kappa shape index (κ3) is 4.40. The zero-order valence-electron chi connectivity index (χ0n) is 13.2. The summed E-state index contributed by atoms with van der Waals surface area (Å²) in [6.45, 7) is 3.11. The van der Waals surface area contributed by atoms with Crippen LogP contribution in [0, 0.1) is 0 Å². The summed E-state index contributed by atoms with van der Waals surface area (Å²) in [7, 11) is -3.78. The Bertz CT molecular complexity index is 577. The molecule has 0 aliphatic carbocycles. The number of fused-ring (bicyclic) bond motifs is 1. The molecule has 2 saturated heterocycles. The predicted octanol–water partition coefficient (Wildman–Crippen LogP) is -1.36. The van der Waals surface area contributed by atoms with E-state index in [0.29, 0.717) is 13.0 Å². The van der Waals surface area contributed by atoms with Crippen LogP contribution in [0.25, 0.3) is 0 Å². The molecule has 0 spiro atoms. The molecule has 2 rings (SSSR count). The van der Waals surface area contributed by atoms with Crippen molar-refractivity contribution in [2.45, 2.75) is 50.7 Å². The molecule has 2 aliphatic rings. The minimum absolute atomic E-state index is 0.133. The molecule has 2 fully saturated rings. The van der Waals surface area contributed by atoms with E-state index in [0.717, 1.165) is 6.26 Å². The van der Waals surface area contributed by atoms with Gasteiger partial charge in [0.1, 0.15) is 24.4 Å². The van der Waals surface area contributed by atoms with Gasteiger partial charge in [-0.2, -0.15) is 8.42 Å². The molecule has 132 valence electrons. The van der Waals surface area contributed by atoms with Crippen molar-refractivity contribution < 1.29 is 36.8 Å². The first-order chi connectivity index (χ1) is 10.6. The molecular weight excluding hydrogens is 330 g/mol. The fraction of sp³-hybridized carbons (Fsp3) is 0.846. The van der Waals surface area contributed by atoms with Gasteiger partial charge in [0.05, 0.1) is 12.3 Å². The lowest BCUT2D eigenvalue weighted by Crippen LogP contribution is -2.63. The van der Waals surface area contributed by atoms with E-state index in [4.69, 9.17) is 13.7 Å². The maximum absolute atomic E-state index is 11.3. The molecule has 23 heavy (non-hydrogen) atoms. The lowest BCUT2D eigenvalue weighted by Gasteiger charge is -2.43. The normalized spacial score (nSPS) is 34.7. The van der Waals surface area contributed by atoms with Crippen LogP contribution in [0.15, 0.2) is 0 Å². The zero-order chi connectivity index (χ0) is 17.4. The zero-order valence-corrected chi connectivity index (χ0v) is 14.0. The van der Waals surface area contributed by atoms with Gasteiger partial charge < -0.3 is 14.6 Å². The van der Waals surface area contributed by atoms with Gasteiger partial charge in [0, 0.05) is 26.9 Å². The van der Waals surface area contributed by atoms with Crippen molar-refractivity contribution in [1.82, 2.24) is 4.90 Å². The van der Waals surface area contributed by atoms with Gasteiger partial charge >= 0.3 is 11.9 Å². The topological polar surface area (TPSA) is 119 Å². The molecule has 2 heterocycles. The molecule has 1 unspecified atom stereocenters. The summed E-state index contributed by atoms with van der Waals surface area (Å²) in [5.74, 6) is -1.09. The van der Waals surface area contributed by atoms with E-state index in [1.165, 1.54) is 13.8 Å². The summed E-state index contributed by atoms with van der Waals surface area (Å²) < 4.78 is 38.0. The van der Waals surface area contributed by atoms with Crippen LogP contribution in [0.5, 0.6) is 0 Å². The Labute approximate surface area is 134 Å².